The minimum atomic E-state index is -0.251. The molecule has 0 amide bonds. The van der Waals surface area contributed by atoms with Crippen molar-refractivity contribution in [2.45, 2.75) is 97.2 Å². The van der Waals surface area contributed by atoms with Crippen molar-refractivity contribution in [1.82, 2.24) is 5.32 Å². The largest absolute Gasteiger partial charge is 0.392 e. The molecular formula is C20H41NO2. The van der Waals surface area contributed by atoms with Crippen molar-refractivity contribution in [2.75, 3.05) is 20.2 Å². The maximum absolute atomic E-state index is 10.2. The lowest BCUT2D eigenvalue weighted by Crippen LogP contribution is -2.39. The Bertz CT molecular complexity index is 293. The first-order valence-electron chi connectivity index (χ1n) is 9.92. The first-order valence-corrected chi connectivity index (χ1v) is 9.92. The zero-order valence-corrected chi connectivity index (χ0v) is 16.1. The molecule has 1 unspecified atom stereocenters. The third-order valence-corrected chi connectivity index (χ3v) is 5.29. The molecular weight excluding hydrogens is 286 g/mol. The van der Waals surface area contributed by atoms with Crippen LogP contribution in [0.15, 0.2) is 0 Å². The van der Waals surface area contributed by atoms with E-state index in [9.17, 15) is 5.11 Å². The van der Waals surface area contributed by atoms with Crippen LogP contribution in [0.25, 0.3) is 0 Å². The molecule has 1 fully saturated rings. The Morgan fingerprint density at radius 3 is 2.57 bits per heavy atom. The Hall–Kier alpha value is -0.120. The zero-order chi connectivity index (χ0) is 17.1. The molecule has 0 aliphatic heterocycles. The Morgan fingerprint density at radius 2 is 1.87 bits per heavy atom. The first kappa shape index (κ1) is 20.9. The van der Waals surface area contributed by atoms with Crippen LogP contribution >= 0.6 is 0 Å². The summed E-state index contributed by atoms with van der Waals surface area (Å²) >= 11 is 0. The summed E-state index contributed by atoms with van der Waals surface area (Å²) < 4.78 is 6.24. The third-order valence-electron chi connectivity index (χ3n) is 5.29. The van der Waals surface area contributed by atoms with Gasteiger partial charge in [0.2, 0.25) is 0 Å². The van der Waals surface area contributed by atoms with E-state index in [0.29, 0.717) is 24.0 Å². The van der Waals surface area contributed by atoms with Crippen LogP contribution in [0.5, 0.6) is 0 Å². The van der Waals surface area contributed by atoms with E-state index in [0.717, 1.165) is 19.4 Å². The quantitative estimate of drug-likeness (QED) is 0.518. The second-order valence-corrected chi connectivity index (χ2v) is 8.29. The third kappa shape index (κ3) is 9.07. The number of hydrogen-bond acceptors (Lipinski definition) is 3. The standard InChI is InChI=1S/C20H41NO2/c1-5-6-7-8-9-10-13-23-19-11-12-20(2,3)15-17(19)14-18(22)16-21-4/h17-19,21-22H,5-16H2,1-4H3/t17-,18?,19-/m1/s1. The van der Waals surface area contributed by atoms with Crippen LogP contribution in [0.2, 0.25) is 0 Å². The maximum atomic E-state index is 10.2. The molecule has 0 heterocycles. The average molecular weight is 328 g/mol. The summed E-state index contributed by atoms with van der Waals surface area (Å²) in [7, 11) is 1.90. The Kier molecular flexibility index (Phi) is 10.4. The normalized spacial score (nSPS) is 25.4. The van der Waals surface area contributed by atoms with Gasteiger partial charge in [0.15, 0.2) is 0 Å². The summed E-state index contributed by atoms with van der Waals surface area (Å²) in [5, 5.41) is 13.2. The molecule has 1 rings (SSSR count). The fourth-order valence-corrected chi connectivity index (χ4v) is 3.95. The number of aliphatic hydroxyl groups is 1. The molecule has 0 bridgehead atoms. The first-order chi connectivity index (χ1) is 11.0. The second kappa shape index (κ2) is 11.4. The lowest BCUT2D eigenvalue weighted by molar-refractivity contribution is -0.0533. The van der Waals surface area contributed by atoms with Gasteiger partial charge in [0, 0.05) is 13.2 Å². The van der Waals surface area contributed by atoms with E-state index >= 15 is 0 Å². The minimum Gasteiger partial charge on any atom is -0.392 e. The Morgan fingerprint density at radius 1 is 1.17 bits per heavy atom. The van der Waals surface area contributed by atoms with Crippen LogP contribution in [0, 0.1) is 11.3 Å². The molecule has 0 spiro atoms. The van der Waals surface area contributed by atoms with Gasteiger partial charge in [-0.1, -0.05) is 52.9 Å². The summed E-state index contributed by atoms with van der Waals surface area (Å²) in [4.78, 5) is 0. The zero-order valence-electron chi connectivity index (χ0n) is 16.1. The van der Waals surface area contributed by atoms with Crippen molar-refractivity contribution in [3.8, 4) is 0 Å². The SMILES string of the molecule is CCCCCCCCO[C@@H]1CCC(C)(C)C[C@H]1CC(O)CNC. The van der Waals surface area contributed by atoms with E-state index < -0.39 is 0 Å². The van der Waals surface area contributed by atoms with E-state index in [4.69, 9.17) is 4.74 Å². The fraction of sp³-hybridized carbons (Fsp3) is 1.00. The van der Waals surface area contributed by atoms with Crippen molar-refractivity contribution in [3.05, 3.63) is 0 Å². The number of nitrogens with one attached hydrogen (secondary N) is 1. The average Bonchev–Trinajstić information content (AvgIpc) is 2.48. The van der Waals surface area contributed by atoms with Gasteiger partial charge in [-0.2, -0.15) is 0 Å². The van der Waals surface area contributed by atoms with Crippen LogP contribution < -0.4 is 5.32 Å². The Balaban J connectivity index is 2.31. The molecule has 138 valence electrons. The number of rotatable bonds is 12. The molecule has 1 aliphatic rings. The van der Waals surface area contributed by atoms with Crippen LogP contribution in [0.4, 0.5) is 0 Å². The lowest BCUT2D eigenvalue weighted by Gasteiger charge is -2.41. The maximum Gasteiger partial charge on any atom is 0.0668 e. The lowest BCUT2D eigenvalue weighted by atomic mass is 9.69. The summed E-state index contributed by atoms with van der Waals surface area (Å²) in [5.74, 6) is 0.502. The number of aliphatic hydroxyl groups excluding tert-OH is 1. The highest BCUT2D eigenvalue weighted by molar-refractivity contribution is 4.87. The molecule has 3 atom stereocenters. The van der Waals surface area contributed by atoms with Gasteiger partial charge in [-0.25, -0.2) is 0 Å². The smallest absolute Gasteiger partial charge is 0.0668 e. The molecule has 3 heteroatoms. The number of ether oxygens (including phenoxy) is 1. The molecule has 23 heavy (non-hydrogen) atoms. The second-order valence-electron chi connectivity index (χ2n) is 8.29. The van der Waals surface area contributed by atoms with Crippen molar-refractivity contribution in [2.24, 2.45) is 11.3 Å². The number of likely N-dealkylation sites (N-methyl/N-ethyl adjacent to an activating group) is 1. The highest BCUT2D eigenvalue weighted by atomic mass is 16.5. The molecule has 0 aromatic rings. The van der Waals surface area contributed by atoms with Crippen LogP contribution in [0.1, 0.15) is 85.0 Å². The topological polar surface area (TPSA) is 41.5 Å². The van der Waals surface area contributed by atoms with E-state index in [2.05, 4.69) is 26.1 Å². The summed E-state index contributed by atoms with van der Waals surface area (Å²) in [5.41, 5.74) is 0.393. The van der Waals surface area contributed by atoms with E-state index in [-0.39, 0.29) is 6.10 Å². The number of hydrogen-bond donors (Lipinski definition) is 2. The van der Waals surface area contributed by atoms with Crippen molar-refractivity contribution >= 4 is 0 Å². The van der Waals surface area contributed by atoms with E-state index in [1.54, 1.807) is 0 Å². The predicted octanol–water partition coefficient (Wildman–Crippen LogP) is 4.53. The molecule has 0 saturated heterocycles. The van der Waals surface area contributed by atoms with Gasteiger partial charge in [0.25, 0.3) is 0 Å². The monoisotopic (exact) mass is 327 g/mol. The van der Waals surface area contributed by atoms with Gasteiger partial charge in [0.1, 0.15) is 0 Å². The highest BCUT2D eigenvalue weighted by Gasteiger charge is 2.36. The molecule has 0 radical (unpaired) electrons. The van der Waals surface area contributed by atoms with E-state index in [1.807, 2.05) is 7.05 Å². The Labute approximate surface area is 144 Å². The molecule has 1 aliphatic carbocycles. The van der Waals surface area contributed by atoms with Gasteiger partial charge in [0.05, 0.1) is 12.2 Å². The van der Waals surface area contributed by atoms with Crippen molar-refractivity contribution in [1.29, 1.82) is 0 Å². The molecule has 0 aromatic heterocycles. The minimum absolute atomic E-state index is 0.251. The van der Waals surface area contributed by atoms with Crippen LogP contribution in [-0.4, -0.2) is 37.5 Å². The van der Waals surface area contributed by atoms with Gasteiger partial charge >= 0.3 is 0 Å². The van der Waals surface area contributed by atoms with Crippen LogP contribution in [-0.2, 0) is 4.74 Å². The molecule has 3 nitrogen and oxygen atoms in total. The molecule has 2 N–H and O–H groups in total. The molecule has 1 saturated carbocycles. The summed E-state index contributed by atoms with van der Waals surface area (Å²) in [6.07, 6.45) is 12.4. The summed E-state index contributed by atoms with van der Waals surface area (Å²) in [6.45, 7) is 8.55. The van der Waals surface area contributed by atoms with Crippen LogP contribution in [0.3, 0.4) is 0 Å². The van der Waals surface area contributed by atoms with Gasteiger partial charge in [-0.3, -0.25) is 0 Å². The number of unbranched alkanes of at least 4 members (excludes halogenated alkanes) is 5. The van der Waals surface area contributed by atoms with Gasteiger partial charge < -0.3 is 15.2 Å². The molecule has 0 aromatic carbocycles. The van der Waals surface area contributed by atoms with E-state index in [1.165, 1.54) is 51.4 Å². The fourth-order valence-electron chi connectivity index (χ4n) is 3.95. The van der Waals surface area contributed by atoms with Gasteiger partial charge in [-0.15, -0.1) is 0 Å². The van der Waals surface area contributed by atoms with Crippen molar-refractivity contribution < 1.29 is 9.84 Å². The van der Waals surface area contributed by atoms with Crippen molar-refractivity contribution in [3.63, 3.8) is 0 Å². The van der Waals surface area contributed by atoms with Gasteiger partial charge in [-0.05, 0) is 50.5 Å². The predicted molar refractivity (Wildman–Crippen MR) is 98.8 cm³/mol. The summed E-state index contributed by atoms with van der Waals surface area (Å²) in [6, 6.07) is 0. The highest BCUT2D eigenvalue weighted by Crippen LogP contribution is 2.41.